The number of ether oxygens (including phenoxy) is 4. The molecule has 12 nitrogen and oxygen atoms in total. The Morgan fingerprint density at radius 1 is 0.781 bits per heavy atom. The van der Waals surface area contributed by atoms with Crippen molar-refractivity contribution in [2.45, 2.75) is 46.1 Å². The fourth-order valence-electron chi connectivity index (χ4n) is 4.15. The Bertz CT molecular complexity index is 658. The van der Waals surface area contributed by atoms with Gasteiger partial charge in [0.15, 0.2) is 0 Å². The number of carbonyl (C=O) groups excluding carboxylic acids is 4. The summed E-state index contributed by atoms with van der Waals surface area (Å²) in [5, 5.41) is 10.5. The normalized spacial score (nSPS) is 21.5. The molecule has 2 unspecified atom stereocenters. The average Bonchev–Trinajstić information content (AvgIpc) is 2.71. The Balaban J connectivity index is 2.44. The van der Waals surface area contributed by atoms with Crippen molar-refractivity contribution in [3.05, 3.63) is 0 Å². The first-order chi connectivity index (χ1) is 15.0. The third kappa shape index (κ3) is 10.9. The van der Waals surface area contributed by atoms with Crippen LogP contribution < -0.4 is 21.3 Å². The van der Waals surface area contributed by atoms with E-state index in [1.807, 2.05) is 6.92 Å². The predicted molar refractivity (Wildman–Crippen MR) is 114 cm³/mol. The second-order valence-electron chi connectivity index (χ2n) is 8.86. The molecule has 0 aromatic rings. The molecule has 4 amide bonds. The second kappa shape index (κ2) is 12.8. The lowest BCUT2D eigenvalue weighted by Gasteiger charge is -2.46. The van der Waals surface area contributed by atoms with E-state index in [-0.39, 0.29) is 43.2 Å². The lowest BCUT2D eigenvalue weighted by molar-refractivity contribution is 0.0625. The van der Waals surface area contributed by atoms with Crippen LogP contribution >= 0.6 is 0 Å². The van der Waals surface area contributed by atoms with Crippen molar-refractivity contribution in [2.75, 3.05) is 47.1 Å². The minimum Gasteiger partial charge on any atom is -0.453 e. The van der Waals surface area contributed by atoms with Crippen molar-refractivity contribution in [2.24, 2.45) is 10.8 Å². The first-order valence-corrected chi connectivity index (χ1v) is 10.5. The summed E-state index contributed by atoms with van der Waals surface area (Å²) in [5.41, 5.74) is -0.331. The van der Waals surface area contributed by atoms with E-state index in [0.717, 1.165) is 12.8 Å². The van der Waals surface area contributed by atoms with Crippen LogP contribution in [-0.4, -0.2) is 77.5 Å². The molecule has 0 heterocycles. The predicted octanol–water partition coefficient (Wildman–Crippen LogP) is 1.74. The van der Waals surface area contributed by atoms with Gasteiger partial charge in [-0.25, -0.2) is 19.2 Å². The van der Waals surface area contributed by atoms with E-state index in [4.69, 9.17) is 9.47 Å². The molecule has 0 spiro atoms. The highest BCUT2D eigenvalue weighted by molar-refractivity contribution is 5.69. The van der Waals surface area contributed by atoms with E-state index in [9.17, 15) is 19.2 Å². The standard InChI is InChI=1S/C20H36N4O8/c1-19(2)10-14(24-18(28)32-9-7-22-16(26)30-5)11-20(3,12-19)13-23-17(27)31-8-6-21-15(25)29-4/h14H,6-13H2,1-5H3,(H,21,25)(H,22,26)(H,23,27)(H,24,28). The minimum atomic E-state index is -0.595. The summed E-state index contributed by atoms with van der Waals surface area (Å²) in [4.78, 5) is 46.0. The molecule has 0 saturated heterocycles. The molecule has 1 aliphatic carbocycles. The molecule has 0 bridgehead atoms. The molecule has 184 valence electrons. The average molecular weight is 461 g/mol. The van der Waals surface area contributed by atoms with Crippen molar-refractivity contribution < 1.29 is 38.1 Å². The van der Waals surface area contributed by atoms with Crippen LogP contribution in [0.15, 0.2) is 0 Å². The van der Waals surface area contributed by atoms with E-state index in [2.05, 4.69) is 44.6 Å². The van der Waals surface area contributed by atoms with Crippen LogP contribution in [0.1, 0.15) is 40.0 Å². The Hall–Kier alpha value is -2.92. The molecular weight excluding hydrogens is 424 g/mol. The van der Waals surface area contributed by atoms with Gasteiger partial charge in [-0.15, -0.1) is 0 Å². The van der Waals surface area contributed by atoms with Crippen LogP contribution in [0.4, 0.5) is 19.2 Å². The molecule has 1 aliphatic rings. The summed E-state index contributed by atoms with van der Waals surface area (Å²) in [6.45, 7) is 6.98. The first kappa shape index (κ1) is 27.1. The SMILES string of the molecule is COC(=O)NCCOC(=O)NCC1(C)CC(NC(=O)OCCNC(=O)OC)CC(C)(C)C1. The van der Waals surface area contributed by atoms with E-state index in [0.29, 0.717) is 13.0 Å². The molecule has 0 aliphatic heterocycles. The molecule has 0 aromatic heterocycles. The maximum absolute atomic E-state index is 12.1. The van der Waals surface area contributed by atoms with Gasteiger partial charge in [0, 0.05) is 12.6 Å². The molecule has 0 radical (unpaired) electrons. The van der Waals surface area contributed by atoms with E-state index >= 15 is 0 Å². The monoisotopic (exact) mass is 460 g/mol. The number of carbonyl (C=O) groups is 4. The first-order valence-electron chi connectivity index (χ1n) is 10.5. The van der Waals surface area contributed by atoms with Crippen LogP contribution in [0.5, 0.6) is 0 Å². The van der Waals surface area contributed by atoms with E-state index in [1.54, 1.807) is 0 Å². The summed E-state index contributed by atoms with van der Waals surface area (Å²) >= 11 is 0. The number of hydrogen-bond donors (Lipinski definition) is 4. The number of rotatable bonds is 9. The number of alkyl carbamates (subject to hydrolysis) is 4. The van der Waals surface area contributed by atoms with Crippen molar-refractivity contribution >= 4 is 24.4 Å². The van der Waals surface area contributed by atoms with E-state index in [1.165, 1.54) is 14.2 Å². The molecule has 0 aromatic carbocycles. The highest BCUT2D eigenvalue weighted by atomic mass is 16.6. The quantitative estimate of drug-likeness (QED) is 0.300. The summed E-state index contributed by atoms with van der Waals surface area (Å²) < 4.78 is 19.0. The highest BCUT2D eigenvalue weighted by Gasteiger charge is 2.42. The maximum Gasteiger partial charge on any atom is 0.407 e. The summed E-state index contributed by atoms with van der Waals surface area (Å²) in [5.74, 6) is 0. The Labute approximate surface area is 188 Å². The number of methoxy groups -OCH3 is 2. The van der Waals surface area contributed by atoms with Crippen LogP contribution in [0.2, 0.25) is 0 Å². The molecule has 1 fully saturated rings. The lowest BCUT2D eigenvalue weighted by Crippen LogP contribution is -2.50. The summed E-state index contributed by atoms with van der Waals surface area (Å²) in [7, 11) is 2.50. The van der Waals surface area contributed by atoms with Gasteiger partial charge in [-0.1, -0.05) is 20.8 Å². The third-order valence-corrected chi connectivity index (χ3v) is 5.00. The smallest absolute Gasteiger partial charge is 0.407 e. The lowest BCUT2D eigenvalue weighted by atomic mass is 9.62. The fourth-order valence-corrected chi connectivity index (χ4v) is 4.15. The molecule has 2 atom stereocenters. The second-order valence-corrected chi connectivity index (χ2v) is 8.86. The van der Waals surface area contributed by atoms with E-state index < -0.39 is 24.4 Å². The zero-order valence-electron chi connectivity index (χ0n) is 19.5. The molecule has 32 heavy (non-hydrogen) atoms. The fraction of sp³-hybridized carbons (Fsp3) is 0.800. The third-order valence-electron chi connectivity index (χ3n) is 5.00. The number of amides is 4. The van der Waals surface area contributed by atoms with Gasteiger partial charge >= 0.3 is 24.4 Å². The molecule has 4 N–H and O–H groups in total. The van der Waals surface area contributed by atoms with Crippen molar-refractivity contribution in [3.63, 3.8) is 0 Å². The Morgan fingerprint density at radius 2 is 1.31 bits per heavy atom. The molecule has 1 rings (SSSR count). The van der Waals surface area contributed by atoms with Gasteiger partial charge in [0.2, 0.25) is 0 Å². The van der Waals surface area contributed by atoms with Crippen LogP contribution in [-0.2, 0) is 18.9 Å². The largest absolute Gasteiger partial charge is 0.453 e. The van der Waals surface area contributed by atoms with Gasteiger partial charge in [0.1, 0.15) is 13.2 Å². The zero-order valence-corrected chi connectivity index (χ0v) is 19.5. The maximum atomic E-state index is 12.1. The molecular formula is C20H36N4O8. The Morgan fingerprint density at radius 3 is 1.84 bits per heavy atom. The minimum absolute atomic E-state index is 0.0179. The van der Waals surface area contributed by atoms with Crippen molar-refractivity contribution in [3.8, 4) is 0 Å². The van der Waals surface area contributed by atoms with Gasteiger partial charge in [0.05, 0.1) is 27.3 Å². The van der Waals surface area contributed by atoms with Crippen LogP contribution in [0.3, 0.4) is 0 Å². The van der Waals surface area contributed by atoms with Gasteiger partial charge in [0.25, 0.3) is 0 Å². The topological polar surface area (TPSA) is 153 Å². The van der Waals surface area contributed by atoms with Gasteiger partial charge < -0.3 is 40.2 Å². The van der Waals surface area contributed by atoms with Crippen LogP contribution in [0, 0.1) is 10.8 Å². The van der Waals surface area contributed by atoms with Gasteiger partial charge in [-0.3, -0.25) is 0 Å². The highest BCUT2D eigenvalue weighted by Crippen LogP contribution is 2.45. The van der Waals surface area contributed by atoms with Crippen molar-refractivity contribution in [1.82, 2.24) is 21.3 Å². The number of nitrogens with one attached hydrogen (secondary N) is 4. The summed E-state index contributed by atoms with van der Waals surface area (Å²) in [6.07, 6.45) is -0.0685. The number of hydrogen-bond acceptors (Lipinski definition) is 8. The van der Waals surface area contributed by atoms with Crippen LogP contribution in [0.25, 0.3) is 0 Å². The molecule has 1 saturated carbocycles. The van der Waals surface area contributed by atoms with Gasteiger partial charge in [-0.2, -0.15) is 0 Å². The zero-order chi connectivity index (χ0) is 24.2. The Kier molecular flexibility index (Phi) is 10.9. The summed E-state index contributed by atoms with van der Waals surface area (Å²) in [6, 6.07) is -0.133. The van der Waals surface area contributed by atoms with Crippen molar-refractivity contribution in [1.29, 1.82) is 0 Å². The van der Waals surface area contributed by atoms with Gasteiger partial charge in [-0.05, 0) is 30.1 Å². The molecule has 12 heteroatoms.